The number of Topliss-reactive ketones (excluding diaryl/α,β-unsaturated/α-hetero) is 2. The number of allylic oxidation sites excluding steroid dienone is 1. The maximum Gasteiger partial charge on any atom is 0.307 e. The topological polar surface area (TPSA) is 294 Å². The number of aryl methyl sites for hydroxylation is 1. The van der Waals surface area contributed by atoms with Crippen LogP contribution in [0.4, 0.5) is 0 Å². The molecule has 0 saturated heterocycles. The Labute approximate surface area is 320 Å². The number of hydrogen-bond acceptors (Lipinski definition) is 11. The molecule has 0 aromatic heterocycles. The van der Waals surface area contributed by atoms with Crippen molar-refractivity contribution in [3.8, 4) is 0 Å². The molecule has 18 heteroatoms. The minimum Gasteiger partial charge on any atom is -0.481 e. The molecule has 3 aliphatic rings. The van der Waals surface area contributed by atoms with E-state index in [1.807, 2.05) is 25.1 Å². The molecule has 1 aliphatic heterocycles. The third-order valence-electron chi connectivity index (χ3n) is 10.5. The number of carboxylic acids is 1. The minimum atomic E-state index is -2.04. The van der Waals surface area contributed by atoms with E-state index in [-0.39, 0.29) is 44.4 Å². The summed E-state index contributed by atoms with van der Waals surface area (Å²) in [5, 5.41) is 29.7. The first-order chi connectivity index (χ1) is 25.9. The minimum absolute atomic E-state index is 0.0497. The summed E-state index contributed by atoms with van der Waals surface area (Å²) < 4.78 is 14.3. The summed E-state index contributed by atoms with van der Waals surface area (Å²) in [7, 11) is -2.04. The smallest absolute Gasteiger partial charge is 0.307 e. The number of carbonyl (C=O) groups is 8. The van der Waals surface area contributed by atoms with Crippen molar-refractivity contribution in [3.63, 3.8) is 0 Å². The monoisotopic (exact) mass is 786 g/mol. The SMILES string of the molecule is CC[C@H](C)[C@@H]1NC(=O)CCC(=O)[C@@H](N)CC2=C(Cc3cc(C)ccc32)S(=O)C[C@@H](C(=O)N[C@@H](CC(N)=O)C(=O)C2C[C@H](O)C[C@H]2C(=O)O)NC(=O)CNC1=O. The number of ketones is 2. The molecule has 0 spiro atoms. The molecule has 1 aromatic rings. The first-order valence-corrected chi connectivity index (χ1v) is 19.6. The van der Waals surface area contributed by atoms with Crippen molar-refractivity contribution in [2.75, 3.05) is 12.3 Å². The van der Waals surface area contributed by atoms with Crippen LogP contribution in [0.3, 0.4) is 0 Å². The third kappa shape index (κ3) is 10.9. The van der Waals surface area contributed by atoms with Crippen molar-refractivity contribution in [3.05, 3.63) is 39.8 Å². The first kappa shape index (κ1) is 42.9. The van der Waals surface area contributed by atoms with Gasteiger partial charge in [0, 0.05) is 30.1 Å². The fourth-order valence-electron chi connectivity index (χ4n) is 7.25. The molecule has 2 unspecified atom stereocenters. The molecule has 2 aliphatic carbocycles. The summed E-state index contributed by atoms with van der Waals surface area (Å²) in [4.78, 5) is 105. The predicted octanol–water partition coefficient (Wildman–Crippen LogP) is -1.38. The predicted molar refractivity (Wildman–Crippen MR) is 199 cm³/mol. The summed E-state index contributed by atoms with van der Waals surface area (Å²) in [5.74, 6) is -10.4. The second kappa shape index (κ2) is 18.7. The molecule has 17 nitrogen and oxygen atoms in total. The van der Waals surface area contributed by atoms with Crippen LogP contribution in [0.15, 0.2) is 23.1 Å². The number of hydrogen-bond donors (Lipinski definition) is 8. The summed E-state index contributed by atoms with van der Waals surface area (Å²) in [5.41, 5.74) is 14.7. The zero-order chi connectivity index (χ0) is 40.7. The maximum absolute atomic E-state index is 14.3. The first-order valence-electron chi connectivity index (χ1n) is 18.3. The number of nitrogens with two attached hydrogens (primary N) is 2. The average molecular weight is 787 g/mol. The number of carboxylic acid groups (broad SMARTS) is 1. The van der Waals surface area contributed by atoms with Crippen molar-refractivity contribution >= 4 is 63.4 Å². The van der Waals surface area contributed by atoms with E-state index in [2.05, 4.69) is 21.3 Å². The van der Waals surface area contributed by atoms with E-state index in [1.54, 1.807) is 13.8 Å². The molecule has 0 radical (unpaired) electrons. The number of fused-ring (bicyclic) bond motifs is 2. The molecule has 1 saturated carbocycles. The van der Waals surface area contributed by atoms with Crippen molar-refractivity contribution < 1.29 is 52.8 Å². The zero-order valence-corrected chi connectivity index (χ0v) is 31.9. The number of rotatable bonds is 9. The van der Waals surface area contributed by atoms with E-state index in [1.165, 1.54) is 0 Å². The molecule has 4 rings (SSSR count). The largest absolute Gasteiger partial charge is 0.481 e. The van der Waals surface area contributed by atoms with Gasteiger partial charge in [0.2, 0.25) is 29.5 Å². The van der Waals surface area contributed by atoms with E-state index in [4.69, 9.17) is 11.5 Å². The molecule has 55 heavy (non-hydrogen) atoms. The van der Waals surface area contributed by atoms with E-state index in [0.29, 0.717) is 22.5 Å². The van der Waals surface area contributed by atoms with Gasteiger partial charge in [-0.3, -0.25) is 42.6 Å². The standard InChI is InChI=1S/C37H50N6O11S/c1-4-18(3)33-36(51)40-15-32(48)41-27(35(50)42-26(14-30(39)46)34(49)23-11-20(44)12-24(23)37(52)53)16-55(54)29-10-19-9-17(2)5-6-21(19)22(29)13-25(38)28(45)7-8-31(47)43-33/h5-6,9,18,20,23-27,33,44H,4,7-8,10-16,38H2,1-3H3,(H2,39,46)(H,40,51)(H,41,48)(H,42,50)(H,43,47)(H,52,53)/t18-,20-,23?,24+,25-,26-,27-,33-,55?/m0/s1. The van der Waals surface area contributed by atoms with Crippen LogP contribution < -0.4 is 32.7 Å². The van der Waals surface area contributed by atoms with Gasteiger partial charge >= 0.3 is 5.97 Å². The molecular formula is C37H50N6O11S. The Hall–Kier alpha value is -4.81. The highest BCUT2D eigenvalue weighted by Crippen LogP contribution is 2.38. The van der Waals surface area contributed by atoms with Gasteiger partial charge in [-0.1, -0.05) is 44.0 Å². The van der Waals surface area contributed by atoms with Crippen LogP contribution in [0.1, 0.15) is 75.5 Å². The Bertz CT molecular complexity index is 1800. The van der Waals surface area contributed by atoms with Crippen LogP contribution in [0.25, 0.3) is 5.57 Å². The Morgan fingerprint density at radius 3 is 2.38 bits per heavy atom. The second-order valence-electron chi connectivity index (χ2n) is 14.6. The lowest BCUT2D eigenvalue weighted by Gasteiger charge is -2.26. The fourth-order valence-corrected chi connectivity index (χ4v) is 8.77. The van der Waals surface area contributed by atoms with Gasteiger partial charge in [0.1, 0.15) is 17.9 Å². The van der Waals surface area contributed by atoms with Crippen molar-refractivity contribution in [1.82, 2.24) is 21.3 Å². The highest BCUT2D eigenvalue weighted by molar-refractivity contribution is 7.89. The zero-order valence-electron chi connectivity index (χ0n) is 31.1. The van der Waals surface area contributed by atoms with E-state index < -0.39 is 119 Å². The highest BCUT2D eigenvalue weighted by Gasteiger charge is 2.45. The lowest BCUT2D eigenvalue weighted by Crippen LogP contribution is -2.57. The van der Waals surface area contributed by atoms with E-state index >= 15 is 0 Å². The molecule has 0 bridgehead atoms. The highest BCUT2D eigenvalue weighted by atomic mass is 32.2. The molecule has 10 N–H and O–H groups in total. The Morgan fingerprint density at radius 2 is 1.73 bits per heavy atom. The van der Waals surface area contributed by atoms with Crippen LogP contribution in [0, 0.1) is 24.7 Å². The number of aliphatic hydroxyl groups is 1. The molecule has 1 aromatic carbocycles. The maximum atomic E-state index is 14.3. The quantitative estimate of drug-likeness (QED) is 0.144. The van der Waals surface area contributed by atoms with Gasteiger partial charge in [-0.05, 0) is 48.8 Å². The summed E-state index contributed by atoms with van der Waals surface area (Å²) in [6.07, 6.45) is -2.18. The molecule has 1 heterocycles. The normalized spacial score (nSPS) is 28.0. The van der Waals surface area contributed by atoms with Crippen molar-refractivity contribution in [2.45, 2.75) is 102 Å². The fraction of sp³-hybridized carbons (Fsp3) is 0.568. The molecule has 300 valence electrons. The number of benzene rings is 1. The van der Waals surface area contributed by atoms with Gasteiger partial charge < -0.3 is 42.9 Å². The number of primary amides is 1. The molecule has 1 fully saturated rings. The van der Waals surface area contributed by atoms with Crippen LogP contribution in [0.2, 0.25) is 0 Å². The Balaban J connectivity index is 1.71. The number of amides is 5. The van der Waals surface area contributed by atoms with Gasteiger partial charge in [-0.15, -0.1) is 0 Å². The summed E-state index contributed by atoms with van der Waals surface area (Å²) >= 11 is 0. The van der Waals surface area contributed by atoms with Crippen LogP contribution in [-0.2, 0) is 55.6 Å². The van der Waals surface area contributed by atoms with E-state index in [9.17, 15) is 52.8 Å². The lowest BCUT2D eigenvalue weighted by molar-refractivity contribution is -0.146. The molecular weight excluding hydrogens is 737 g/mol. The number of aliphatic carboxylic acids is 1. The van der Waals surface area contributed by atoms with Gasteiger partial charge in [0.15, 0.2) is 5.78 Å². The van der Waals surface area contributed by atoms with Gasteiger partial charge in [-0.2, -0.15) is 0 Å². The molecule has 5 amide bonds. The summed E-state index contributed by atoms with van der Waals surface area (Å²) in [6, 6.07) is 0.0728. The Kier molecular flexibility index (Phi) is 14.6. The van der Waals surface area contributed by atoms with Crippen LogP contribution in [0.5, 0.6) is 0 Å². The lowest BCUT2D eigenvalue weighted by atomic mass is 9.87. The number of aliphatic hydroxyl groups excluding tert-OH is 1. The van der Waals surface area contributed by atoms with Gasteiger partial charge in [0.25, 0.3) is 0 Å². The number of carbonyl (C=O) groups excluding carboxylic acids is 7. The average Bonchev–Trinajstić information content (AvgIpc) is 3.69. The number of nitrogens with one attached hydrogen (secondary N) is 4. The van der Waals surface area contributed by atoms with Crippen molar-refractivity contribution in [2.24, 2.45) is 29.2 Å². The van der Waals surface area contributed by atoms with Crippen molar-refractivity contribution in [1.29, 1.82) is 0 Å². The third-order valence-corrected chi connectivity index (χ3v) is 12.1. The molecule has 9 atom stereocenters. The summed E-state index contributed by atoms with van der Waals surface area (Å²) in [6.45, 7) is 4.71. The van der Waals surface area contributed by atoms with Gasteiger partial charge in [-0.25, -0.2) is 0 Å². The second-order valence-corrected chi connectivity index (χ2v) is 16.1. The van der Waals surface area contributed by atoms with Crippen LogP contribution in [-0.4, -0.2) is 104 Å². The van der Waals surface area contributed by atoms with E-state index in [0.717, 1.165) is 11.1 Å². The van der Waals surface area contributed by atoms with Crippen LogP contribution >= 0.6 is 0 Å². The Morgan fingerprint density at radius 1 is 1.04 bits per heavy atom. The van der Waals surface area contributed by atoms with Gasteiger partial charge in [0.05, 0.1) is 53.6 Å².